The number of hydrogen-bond donors (Lipinski definition) is 0. The Hall–Kier alpha value is -2.73. The molecular formula is C16H9NO4S. The monoisotopic (exact) mass is 311 g/mol. The Morgan fingerprint density at radius 2 is 1.77 bits per heavy atom. The Kier molecular flexibility index (Phi) is 3.38. The third kappa shape index (κ3) is 2.05. The van der Waals surface area contributed by atoms with E-state index in [2.05, 4.69) is 5.18 Å². The molecule has 2 aromatic carbocycles. The van der Waals surface area contributed by atoms with Crippen LogP contribution in [0, 0.1) is 4.91 Å². The average Bonchev–Trinajstić information content (AvgIpc) is 2.53. The van der Waals surface area contributed by atoms with Crippen LogP contribution in [0.25, 0.3) is 20.2 Å². The number of hydrogen-bond acceptors (Lipinski definition) is 5. The van der Waals surface area contributed by atoms with Gasteiger partial charge in [-0.2, -0.15) is 0 Å². The van der Waals surface area contributed by atoms with Crippen molar-refractivity contribution >= 4 is 43.2 Å². The second-order valence-corrected chi connectivity index (χ2v) is 5.80. The zero-order valence-corrected chi connectivity index (χ0v) is 12.3. The number of Topliss-reactive ketones (excluding diaryl/α,β-unsaturated/α-hetero) is 1. The molecule has 0 spiro atoms. The molecule has 108 valence electrons. The number of ketones is 1. The van der Waals surface area contributed by atoms with Crippen molar-refractivity contribution in [3.63, 3.8) is 0 Å². The largest absolute Gasteiger partial charge is 0.318 e. The standard InChI is InChI=1S/C16H9NO4S/c1-8(18)9-6-7-11-14(19)10-4-2-3-5-12(10)22-15(11)13(9)16(20)17-21/h2-7H,1H3. The highest BCUT2D eigenvalue weighted by Gasteiger charge is 2.21. The zero-order chi connectivity index (χ0) is 15.9. The average molecular weight is 311 g/mol. The van der Waals surface area contributed by atoms with E-state index in [0.29, 0.717) is 20.2 Å². The summed E-state index contributed by atoms with van der Waals surface area (Å²) in [6, 6.07) is 9.89. The highest BCUT2D eigenvalue weighted by atomic mass is 32.1. The summed E-state index contributed by atoms with van der Waals surface area (Å²) in [6.45, 7) is 1.30. The lowest BCUT2D eigenvalue weighted by molar-refractivity contribution is 0.0975. The van der Waals surface area contributed by atoms with Crippen LogP contribution in [0.3, 0.4) is 0 Å². The first kappa shape index (κ1) is 14.2. The number of carbonyl (C=O) groups excluding carboxylic acids is 2. The molecule has 0 atom stereocenters. The second-order valence-electron chi connectivity index (χ2n) is 4.74. The van der Waals surface area contributed by atoms with E-state index in [9.17, 15) is 19.3 Å². The molecule has 5 nitrogen and oxygen atoms in total. The Morgan fingerprint density at radius 3 is 2.45 bits per heavy atom. The minimum Gasteiger partial charge on any atom is -0.294 e. The molecule has 0 bridgehead atoms. The molecule has 1 heterocycles. The number of nitrogens with zero attached hydrogens (tertiary/aromatic N) is 1. The summed E-state index contributed by atoms with van der Waals surface area (Å²) in [5.74, 6) is -1.40. The molecule has 0 saturated heterocycles. The fourth-order valence-electron chi connectivity index (χ4n) is 2.42. The van der Waals surface area contributed by atoms with Gasteiger partial charge < -0.3 is 0 Å². The van der Waals surface area contributed by atoms with Crippen molar-refractivity contribution in [3.05, 3.63) is 62.7 Å². The molecule has 0 fully saturated rings. The molecule has 1 amide bonds. The molecule has 0 aliphatic heterocycles. The van der Waals surface area contributed by atoms with E-state index in [1.807, 2.05) is 0 Å². The normalized spacial score (nSPS) is 10.8. The quantitative estimate of drug-likeness (QED) is 0.412. The summed E-state index contributed by atoms with van der Waals surface area (Å²) in [5, 5.41) is 3.27. The Balaban J connectivity index is 2.59. The van der Waals surface area contributed by atoms with Gasteiger partial charge in [-0.15, -0.1) is 16.2 Å². The van der Waals surface area contributed by atoms with Gasteiger partial charge in [-0.1, -0.05) is 12.1 Å². The van der Waals surface area contributed by atoms with Gasteiger partial charge in [0.2, 0.25) is 0 Å². The summed E-state index contributed by atoms with van der Waals surface area (Å²) in [6.07, 6.45) is 0. The molecule has 0 saturated carbocycles. The molecule has 3 aromatic rings. The fraction of sp³-hybridized carbons (Fsp3) is 0.0625. The van der Waals surface area contributed by atoms with E-state index in [4.69, 9.17) is 0 Å². The number of fused-ring (bicyclic) bond motifs is 2. The molecule has 1 aromatic heterocycles. The third-order valence-corrected chi connectivity index (χ3v) is 4.63. The van der Waals surface area contributed by atoms with E-state index in [-0.39, 0.29) is 22.3 Å². The van der Waals surface area contributed by atoms with Gasteiger partial charge in [-0.3, -0.25) is 14.4 Å². The smallest absolute Gasteiger partial charge is 0.294 e. The Morgan fingerprint density at radius 1 is 1.05 bits per heavy atom. The van der Waals surface area contributed by atoms with E-state index < -0.39 is 5.91 Å². The molecule has 0 N–H and O–H groups in total. The molecule has 6 heteroatoms. The van der Waals surface area contributed by atoms with Crippen LogP contribution in [-0.2, 0) is 0 Å². The lowest BCUT2D eigenvalue weighted by Gasteiger charge is -2.07. The molecule has 0 aliphatic rings. The van der Waals surface area contributed by atoms with Gasteiger partial charge in [-0.05, 0) is 31.2 Å². The molecule has 0 radical (unpaired) electrons. The van der Waals surface area contributed by atoms with Crippen molar-refractivity contribution in [2.45, 2.75) is 6.92 Å². The van der Waals surface area contributed by atoms with Crippen LogP contribution in [0.5, 0.6) is 0 Å². The zero-order valence-electron chi connectivity index (χ0n) is 11.5. The fourth-order valence-corrected chi connectivity index (χ4v) is 3.62. The van der Waals surface area contributed by atoms with E-state index in [1.165, 1.54) is 30.4 Å². The number of benzene rings is 2. The van der Waals surface area contributed by atoms with Gasteiger partial charge in [0, 0.05) is 26.2 Å². The van der Waals surface area contributed by atoms with Crippen molar-refractivity contribution in [3.8, 4) is 0 Å². The lowest BCUT2D eigenvalue weighted by atomic mass is 10.0. The highest BCUT2D eigenvalue weighted by Crippen LogP contribution is 2.30. The van der Waals surface area contributed by atoms with Crippen LogP contribution in [0.2, 0.25) is 0 Å². The second kappa shape index (κ2) is 5.23. The van der Waals surface area contributed by atoms with Crippen LogP contribution in [0.4, 0.5) is 0 Å². The van der Waals surface area contributed by atoms with Gasteiger partial charge in [0.25, 0.3) is 0 Å². The minimum absolute atomic E-state index is 0.0900. The maximum atomic E-state index is 12.5. The Labute approximate surface area is 128 Å². The van der Waals surface area contributed by atoms with E-state index >= 15 is 0 Å². The summed E-state index contributed by atoms with van der Waals surface area (Å²) in [7, 11) is 0. The van der Waals surface area contributed by atoms with Crippen LogP contribution in [-0.4, -0.2) is 11.7 Å². The minimum atomic E-state index is -1.04. The van der Waals surface area contributed by atoms with Gasteiger partial charge in [0.05, 0.1) is 10.3 Å². The first-order valence-electron chi connectivity index (χ1n) is 6.41. The van der Waals surface area contributed by atoms with Crippen LogP contribution in [0.15, 0.2) is 46.4 Å². The number of carbonyl (C=O) groups is 2. The number of amides is 1. The maximum Gasteiger partial charge on any atom is 0.318 e. The van der Waals surface area contributed by atoms with E-state index in [1.54, 1.807) is 24.3 Å². The van der Waals surface area contributed by atoms with E-state index in [0.717, 1.165) is 0 Å². The summed E-state index contributed by atoms with van der Waals surface area (Å²) < 4.78 is 1.00. The maximum absolute atomic E-state index is 12.5. The number of rotatable bonds is 2. The molecular weight excluding hydrogens is 302 g/mol. The highest BCUT2D eigenvalue weighted by molar-refractivity contribution is 7.25. The lowest BCUT2D eigenvalue weighted by Crippen LogP contribution is -2.09. The molecule has 0 unspecified atom stereocenters. The van der Waals surface area contributed by atoms with Crippen molar-refractivity contribution < 1.29 is 9.59 Å². The summed E-state index contributed by atoms with van der Waals surface area (Å²) in [5.41, 5.74) is -0.227. The first-order chi connectivity index (χ1) is 10.5. The number of nitroso groups, excluding NO2 is 1. The predicted octanol–water partition coefficient (Wildman–Crippen LogP) is 3.52. The Bertz CT molecular complexity index is 1020. The van der Waals surface area contributed by atoms with Crippen molar-refractivity contribution in [1.29, 1.82) is 0 Å². The molecule has 0 aliphatic carbocycles. The van der Waals surface area contributed by atoms with Gasteiger partial charge >= 0.3 is 5.91 Å². The van der Waals surface area contributed by atoms with Crippen molar-refractivity contribution in [2.24, 2.45) is 5.18 Å². The molecule has 3 rings (SSSR count). The predicted molar refractivity (Wildman–Crippen MR) is 85.7 cm³/mol. The van der Waals surface area contributed by atoms with Gasteiger partial charge in [0.1, 0.15) is 0 Å². The van der Waals surface area contributed by atoms with Crippen molar-refractivity contribution in [1.82, 2.24) is 0 Å². The first-order valence-corrected chi connectivity index (χ1v) is 7.23. The topological polar surface area (TPSA) is 80.6 Å². The van der Waals surface area contributed by atoms with Gasteiger partial charge in [-0.25, -0.2) is 0 Å². The SMILES string of the molecule is CC(=O)c1ccc2c(=O)c3ccccc3sc2c1C(=O)N=O. The summed E-state index contributed by atoms with van der Waals surface area (Å²) in [4.78, 5) is 46.8. The van der Waals surface area contributed by atoms with Gasteiger partial charge in [0.15, 0.2) is 11.2 Å². The van der Waals surface area contributed by atoms with Crippen molar-refractivity contribution in [2.75, 3.05) is 0 Å². The van der Waals surface area contributed by atoms with Crippen LogP contribution < -0.4 is 5.43 Å². The third-order valence-electron chi connectivity index (χ3n) is 3.42. The summed E-state index contributed by atoms with van der Waals surface area (Å²) >= 11 is 1.20. The van der Waals surface area contributed by atoms with Crippen LogP contribution in [0.1, 0.15) is 27.6 Å². The van der Waals surface area contributed by atoms with Crippen LogP contribution >= 0.6 is 11.3 Å². The molecule has 22 heavy (non-hydrogen) atoms.